The maximum absolute atomic E-state index is 12.4. The quantitative estimate of drug-likeness (QED) is 0.885. The molecule has 2 aromatic rings. The fourth-order valence-electron chi connectivity index (χ4n) is 2.88. The number of fused-ring (bicyclic) bond motifs is 1. The Hall–Kier alpha value is -1.79. The number of aromatic nitrogens is 1. The van der Waals surface area contributed by atoms with Gasteiger partial charge in [0.15, 0.2) is 5.58 Å². The summed E-state index contributed by atoms with van der Waals surface area (Å²) in [4.78, 5) is 23.8. The summed E-state index contributed by atoms with van der Waals surface area (Å²) in [6, 6.07) is 5.15. The molecule has 1 aliphatic rings. The third kappa shape index (κ3) is 2.89. The Kier molecular flexibility index (Phi) is 4.63. The summed E-state index contributed by atoms with van der Waals surface area (Å²) in [6.45, 7) is 0. The van der Waals surface area contributed by atoms with Gasteiger partial charge in [-0.05, 0) is 25.0 Å². The summed E-state index contributed by atoms with van der Waals surface area (Å²) in [7, 11) is 1.64. The van der Waals surface area contributed by atoms with Crippen molar-refractivity contribution in [2.75, 3.05) is 5.32 Å². The number of carbonyl (C=O) groups excluding carboxylic acids is 1. The van der Waals surface area contributed by atoms with Gasteiger partial charge in [-0.3, -0.25) is 9.36 Å². The molecule has 0 radical (unpaired) electrons. The average Bonchev–Trinajstić information content (AvgIpc) is 2.74. The van der Waals surface area contributed by atoms with Crippen molar-refractivity contribution in [3.8, 4) is 0 Å². The van der Waals surface area contributed by atoms with Crippen molar-refractivity contribution >= 4 is 35.1 Å². The molecule has 6 nitrogen and oxygen atoms in total. The van der Waals surface area contributed by atoms with E-state index in [1.54, 1.807) is 25.2 Å². The van der Waals surface area contributed by atoms with E-state index in [1.807, 2.05) is 0 Å². The van der Waals surface area contributed by atoms with Gasteiger partial charge in [0.05, 0.1) is 11.1 Å². The van der Waals surface area contributed by atoms with Crippen molar-refractivity contribution in [3.63, 3.8) is 0 Å². The molecule has 0 bridgehead atoms. The highest BCUT2D eigenvalue weighted by molar-refractivity contribution is 5.99. The lowest BCUT2D eigenvalue weighted by molar-refractivity contribution is -0.122. The zero-order valence-electron chi connectivity index (χ0n) is 12.4. The molecule has 1 saturated carbocycles. The zero-order chi connectivity index (χ0) is 15.0. The molecule has 1 aromatic carbocycles. The lowest BCUT2D eigenvalue weighted by atomic mass is 9.82. The van der Waals surface area contributed by atoms with Gasteiger partial charge in [0, 0.05) is 18.8 Å². The number of hydrogen-bond donors (Lipinski definition) is 2. The first kappa shape index (κ1) is 16.6. The fraction of sp³-hybridized carbons (Fsp3) is 0.467. The molecule has 0 spiro atoms. The number of rotatable bonds is 2. The van der Waals surface area contributed by atoms with Gasteiger partial charge in [-0.25, -0.2) is 4.79 Å². The molecular formula is C15H20ClN3O3. The molecule has 3 N–H and O–H groups in total. The number of anilines is 1. The number of amides is 1. The van der Waals surface area contributed by atoms with E-state index in [4.69, 9.17) is 10.2 Å². The zero-order valence-corrected chi connectivity index (χ0v) is 13.2. The van der Waals surface area contributed by atoms with Crippen LogP contribution in [0.1, 0.15) is 32.1 Å². The van der Waals surface area contributed by atoms with E-state index in [0.717, 1.165) is 19.3 Å². The van der Waals surface area contributed by atoms with Crippen LogP contribution in [0.4, 0.5) is 5.69 Å². The number of halogens is 1. The van der Waals surface area contributed by atoms with Crippen LogP contribution in [0.5, 0.6) is 0 Å². The number of nitrogens with zero attached hydrogens (tertiary/aromatic N) is 1. The van der Waals surface area contributed by atoms with Gasteiger partial charge in [0.2, 0.25) is 5.91 Å². The number of nitrogens with one attached hydrogen (secondary N) is 1. The topological polar surface area (TPSA) is 90.3 Å². The van der Waals surface area contributed by atoms with E-state index in [2.05, 4.69) is 5.32 Å². The lowest BCUT2D eigenvalue weighted by Crippen LogP contribution is -2.52. The van der Waals surface area contributed by atoms with Crippen LogP contribution in [0.3, 0.4) is 0 Å². The molecule has 1 aromatic heterocycles. The second-order valence-corrected chi connectivity index (χ2v) is 5.78. The van der Waals surface area contributed by atoms with Crippen LogP contribution in [-0.4, -0.2) is 16.0 Å². The van der Waals surface area contributed by atoms with Gasteiger partial charge in [-0.15, -0.1) is 12.4 Å². The van der Waals surface area contributed by atoms with Crippen LogP contribution in [0.25, 0.3) is 11.1 Å². The minimum atomic E-state index is -0.787. The number of aryl methyl sites for hydroxylation is 1. The largest absolute Gasteiger partial charge is 0.419 e. The molecule has 1 amide bonds. The molecule has 120 valence electrons. The number of benzene rings is 1. The predicted molar refractivity (Wildman–Crippen MR) is 87.3 cm³/mol. The molecule has 0 saturated heterocycles. The maximum Gasteiger partial charge on any atom is 0.419 e. The molecule has 0 unspecified atom stereocenters. The third-order valence-electron chi connectivity index (χ3n) is 4.25. The smallest absolute Gasteiger partial charge is 0.408 e. The third-order valence-corrected chi connectivity index (χ3v) is 4.25. The van der Waals surface area contributed by atoms with E-state index < -0.39 is 11.3 Å². The number of carbonyl (C=O) groups is 1. The predicted octanol–water partition coefficient (Wildman–Crippen LogP) is 2.15. The molecule has 0 atom stereocenters. The minimum absolute atomic E-state index is 0. The van der Waals surface area contributed by atoms with Gasteiger partial charge in [0.25, 0.3) is 0 Å². The summed E-state index contributed by atoms with van der Waals surface area (Å²) < 4.78 is 6.54. The fourth-order valence-corrected chi connectivity index (χ4v) is 2.88. The number of hydrogen-bond acceptors (Lipinski definition) is 4. The highest BCUT2D eigenvalue weighted by atomic mass is 35.5. The Morgan fingerprint density at radius 1 is 1.32 bits per heavy atom. The highest BCUT2D eigenvalue weighted by Crippen LogP contribution is 2.27. The van der Waals surface area contributed by atoms with E-state index in [0.29, 0.717) is 29.6 Å². The molecule has 1 heterocycles. The molecule has 0 aliphatic heterocycles. The summed E-state index contributed by atoms with van der Waals surface area (Å²) in [6.07, 6.45) is 4.52. The van der Waals surface area contributed by atoms with Gasteiger partial charge < -0.3 is 15.5 Å². The lowest BCUT2D eigenvalue weighted by Gasteiger charge is -2.31. The van der Waals surface area contributed by atoms with E-state index in [9.17, 15) is 9.59 Å². The maximum atomic E-state index is 12.4. The van der Waals surface area contributed by atoms with Gasteiger partial charge in [0.1, 0.15) is 0 Å². The molecule has 1 fully saturated rings. The van der Waals surface area contributed by atoms with Crippen LogP contribution in [-0.2, 0) is 11.8 Å². The Bertz CT molecular complexity index is 744. The average molecular weight is 326 g/mol. The Morgan fingerprint density at radius 3 is 2.68 bits per heavy atom. The summed E-state index contributed by atoms with van der Waals surface area (Å²) in [5.41, 5.74) is 7.16. The van der Waals surface area contributed by atoms with E-state index in [-0.39, 0.29) is 18.3 Å². The minimum Gasteiger partial charge on any atom is -0.408 e. The normalized spacial score (nSPS) is 17.0. The second kappa shape index (κ2) is 6.14. The van der Waals surface area contributed by atoms with Crippen LogP contribution < -0.4 is 16.8 Å². The van der Waals surface area contributed by atoms with Crippen molar-refractivity contribution in [3.05, 3.63) is 28.7 Å². The van der Waals surface area contributed by atoms with Crippen LogP contribution in [0, 0.1) is 0 Å². The van der Waals surface area contributed by atoms with Gasteiger partial charge in [-0.2, -0.15) is 0 Å². The SMILES string of the molecule is Cl.Cn1c(=O)oc2cc(NC(=O)C3(N)CCCCC3)ccc21. The Labute approximate surface area is 134 Å². The van der Waals surface area contributed by atoms with Crippen molar-refractivity contribution in [1.29, 1.82) is 0 Å². The molecule has 3 rings (SSSR count). The first-order chi connectivity index (χ1) is 9.99. The van der Waals surface area contributed by atoms with Crippen molar-refractivity contribution in [1.82, 2.24) is 4.57 Å². The van der Waals surface area contributed by atoms with Crippen molar-refractivity contribution < 1.29 is 9.21 Å². The van der Waals surface area contributed by atoms with Crippen LogP contribution in [0.2, 0.25) is 0 Å². The number of nitrogens with two attached hydrogens (primary N) is 1. The summed E-state index contributed by atoms with van der Waals surface area (Å²) in [5, 5.41) is 2.84. The van der Waals surface area contributed by atoms with E-state index >= 15 is 0 Å². The van der Waals surface area contributed by atoms with Crippen LogP contribution in [0.15, 0.2) is 27.4 Å². The van der Waals surface area contributed by atoms with Crippen molar-refractivity contribution in [2.24, 2.45) is 12.8 Å². The summed E-state index contributed by atoms with van der Waals surface area (Å²) in [5.74, 6) is -0.587. The number of oxazole rings is 1. The monoisotopic (exact) mass is 325 g/mol. The van der Waals surface area contributed by atoms with Gasteiger partial charge in [-0.1, -0.05) is 19.3 Å². The van der Waals surface area contributed by atoms with Crippen LogP contribution >= 0.6 is 12.4 Å². The van der Waals surface area contributed by atoms with E-state index in [1.165, 1.54) is 4.57 Å². The van der Waals surface area contributed by atoms with Gasteiger partial charge >= 0.3 is 5.76 Å². The Morgan fingerprint density at radius 2 is 2.00 bits per heavy atom. The molecule has 1 aliphatic carbocycles. The second-order valence-electron chi connectivity index (χ2n) is 5.78. The first-order valence-electron chi connectivity index (χ1n) is 7.19. The molecular weight excluding hydrogens is 306 g/mol. The molecule has 7 heteroatoms. The standard InChI is InChI=1S/C15H19N3O3.ClH/c1-18-11-6-5-10(9-12(11)21-14(18)20)17-13(19)15(16)7-3-2-4-8-15;/h5-6,9H,2-4,7-8,16H2,1H3,(H,17,19);1H. The highest BCUT2D eigenvalue weighted by Gasteiger charge is 2.35. The summed E-state index contributed by atoms with van der Waals surface area (Å²) >= 11 is 0. The first-order valence-corrected chi connectivity index (χ1v) is 7.19. The Balaban J connectivity index is 0.00000176. The molecule has 22 heavy (non-hydrogen) atoms. The van der Waals surface area contributed by atoms with Crippen molar-refractivity contribution in [2.45, 2.75) is 37.6 Å².